The van der Waals surface area contributed by atoms with E-state index in [9.17, 15) is 14.4 Å². The number of nitrogens with one attached hydrogen (secondary N) is 2. The molecule has 0 aliphatic heterocycles. The van der Waals surface area contributed by atoms with Crippen molar-refractivity contribution in [3.8, 4) is 0 Å². The van der Waals surface area contributed by atoms with Crippen molar-refractivity contribution in [2.45, 2.75) is 58.3 Å². The maximum absolute atomic E-state index is 11.9. The summed E-state index contributed by atoms with van der Waals surface area (Å²) in [5.74, 6) is 0.655. The van der Waals surface area contributed by atoms with Gasteiger partial charge in [-0.3, -0.25) is 9.59 Å². The molecule has 210 valence electrons. The number of amides is 2. The number of hydrogen-bond donors (Lipinski definition) is 2. The lowest BCUT2D eigenvalue weighted by Crippen LogP contribution is -2.26. The third-order valence-electron chi connectivity index (χ3n) is 4.82. The van der Waals surface area contributed by atoms with Crippen LogP contribution in [-0.2, 0) is 19.1 Å². The summed E-state index contributed by atoms with van der Waals surface area (Å²) in [6.07, 6.45) is 35.3. The van der Waals surface area contributed by atoms with Crippen molar-refractivity contribution in [2.75, 3.05) is 31.7 Å². The van der Waals surface area contributed by atoms with Gasteiger partial charge in [-0.2, -0.15) is 11.8 Å². The summed E-state index contributed by atoms with van der Waals surface area (Å²) in [5.41, 5.74) is 0. The van der Waals surface area contributed by atoms with E-state index in [0.29, 0.717) is 19.5 Å². The van der Waals surface area contributed by atoms with Crippen LogP contribution < -0.4 is 10.6 Å². The van der Waals surface area contributed by atoms with Gasteiger partial charge in [-0.1, -0.05) is 79.8 Å². The smallest absolute Gasteiger partial charge is 0.330 e. The van der Waals surface area contributed by atoms with Crippen LogP contribution in [-0.4, -0.2) is 49.5 Å². The van der Waals surface area contributed by atoms with Gasteiger partial charge < -0.3 is 15.4 Å². The normalized spacial score (nSPS) is 12.4. The van der Waals surface area contributed by atoms with Crippen LogP contribution in [0.2, 0.25) is 0 Å². The van der Waals surface area contributed by atoms with E-state index in [2.05, 4.69) is 89.1 Å². The summed E-state index contributed by atoms with van der Waals surface area (Å²) in [7, 11) is 1.26. The molecule has 0 saturated heterocycles. The highest BCUT2D eigenvalue weighted by molar-refractivity contribution is 7.99. The predicted octanol–water partition coefficient (Wildman–Crippen LogP) is 6.16. The quantitative estimate of drug-likeness (QED) is 0.0741. The molecule has 0 aromatic rings. The van der Waals surface area contributed by atoms with Crippen molar-refractivity contribution in [3.63, 3.8) is 0 Å². The number of ether oxygens (including phenoxy) is 1. The van der Waals surface area contributed by atoms with Crippen LogP contribution in [0.5, 0.6) is 0 Å². The molecule has 2 amide bonds. The number of allylic oxidation sites excluding steroid dienone is 12. The summed E-state index contributed by atoms with van der Waals surface area (Å²) in [4.78, 5) is 34.2. The molecule has 0 heterocycles. The lowest BCUT2D eigenvalue weighted by Gasteiger charge is -2.05. The molecule has 0 aromatic heterocycles. The molecule has 0 radical (unpaired) electrons. The molecular weight excluding hydrogens is 496 g/mol. The lowest BCUT2D eigenvalue weighted by molar-refractivity contribution is -0.135. The number of carbonyl (C=O) groups excluding carboxylic acids is 3. The molecule has 38 heavy (non-hydrogen) atoms. The molecular formula is C31H46N2O4S. The second-order valence-corrected chi connectivity index (χ2v) is 9.29. The first-order valence-electron chi connectivity index (χ1n) is 13.4. The average molecular weight is 543 g/mol. The third kappa shape index (κ3) is 27.5. The van der Waals surface area contributed by atoms with Gasteiger partial charge in [0.15, 0.2) is 0 Å². The number of methoxy groups -OCH3 is 1. The van der Waals surface area contributed by atoms with Crippen LogP contribution in [0.4, 0.5) is 0 Å². The Morgan fingerprint density at radius 3 is 1.63 bits per heavy atom. The standard InChI is InChI=1S/C31H46N2O4S/c1-3-4-5-6-7-8-9-10-11-12-13-14-15-16-17-18-19-20-21-22-29(34)32-25-27-38-28-26-33-30(35)23-24-31(36)37-2/h4-5,7-8,10-11,13-14,16-17,19-20,23-24H,3,6,9,12,15,18,21-22,25-28H2,1-2H3,(H,32,34)(H,33,35). The Labute approximate surface area is 234 Å². The van der Waals surface area contributed by atoms with E-state index < -0.39 is 5.97 Å². The van der Waals surface area contributed by atoms with Crippen LogP contribution in [0.3, 0.4) is 0 Å². The van der Waals surface area contributed by atoms with Gasteiger partial charge in [-0.15, -0.1) is 0 Å². The summed E-state index contributed by atoms with van der Waals surface area (Å²) in [5, 5.41) is 5.58. The Morgan fingerprint density at radius 2 is 1.13 bits per heavy atom. The van der Waals surface area contributed by atoms with Gasteiger partial charge in [0.25, 0.3) is 0 Å². The van der Waals surface area contributed by atoms with Crippen LogP contribution in [0.1, 0.15) is 58.3 Å². The molecule has 2 N–H and O–H groups in total. The van der Waals surface area contributed by atoms with Gasteiger partial charge in [-0.05, 0) is 44.9 Å². The van der Waals surface area contributed by atoms with E-state index in [1.54, 1.807) is 11.8 Å². The maximum Gasteiger partial charge on any atom is 0.330 e. The van der Waals surface area contributed by atoms with E-state index in [1.165, 1.54) is 7.11 Å². The number of rotatable bonds is 22. The van der Waals surface area contributed by atoms with Crippen LogP contribution in [0, 0.1) is 0 Å². The number of esters is 1. The molecule has 0 aliphatic carbocycles. The van der Waals surface area contributed by atoms with Gasteiger partial charge in [-0.25, -0.2) is 4.79 Å². The van der Waals surface area contributed by atoms with E-state index >= 15 is 0 Å². The second kappa shape index (κ2) is 28.5. The Hall–Kier alpha value is -3.06. The molecule has 7 heteroatoms. The molecule has 6 nitrogen and oxygen atoms in total. The first-order chi connectivity index (χ1) is 18.6. The zero-order chi connectivity index (χ0) is 27.9. The van der Waals surface area contributed by atoms with Crippen LogP contribution in [0.25, 0.3) is 0 Å². The molecule has 0 spiro atoms. The fourth-order valence-electron chi connectivity index (χ4n) is 2.82. The Morgan fingerprint density at radius 1 is 0.658 bits per heavy atom. The third-order valence-corrected chi connectivity index (χ3v) is 5.81. The first kappa shape index (κ1) is 34.9. The zero-order valence-corrected chi connectivity index (χ0v) is 23.9. The highest BCUT2D eigenvalue weighted by atomic mass is 32.2. The summed E-state index contributed by atoms with van der Waals surface area (Å²) in [6.45, 7) is 3.24. The molecule has 0 aromatic carbocycles. The van der Waals surface area contributed by atoms with Crippen LogP contribution >= 0.6 is 11.8 Å². The minimum atomic E-state index is -0.564. The summed E-state index contributed by atoms with van der Waals surface area (Å²) >= 11 is 1.64. The van der Waals surface area contributed by atoms with E-state index in [0.717, 1.165) is 68.6 Å². The molecule has 0 atom stereocenters. The Kier molecular flexibility index (Phi) is 26.2. The highest BCUT2D eigenvalue weighted by Gasteiger charge is 2.00. The van der Waals surface area contributed by atoms with Crippen molar-refractivity contribution in [1.29, 1.82) is 0 Å². The van der Waals surface area contributed by atoms with Gasteiger partial charge in [0.05, 0.1) is 7.11 Å². The van der Waals surface area contributed by atoms with Gasteiger partial charge in [0, 0.05) is 43.2 Å². The van der Waals surface area contributed by atoms with Crippen molar-refractivity contribution < 1.29 is 19.1 Å². The second-order valence-electron chi connectivity index (χ2n) is 8.06. The van der Waals surface area contributed by atoms with Crippen molar-refractivity contribution in [3.05, 3.63) is 85.1 Å². The number of carbonyl (C=O) groups is 3. The number of hydrogen-bond acceptors (Lipinski definition) is 5. The SMILES string of the molecule is CCC=CCC=CCC=CCC=CCC=CCC=CCCC(=O)NCCSCCNC(=O)C=CC(=O)OC. The average Bonchev–Trinajstić information content (AvgIpc) is 2.92. The highest BCUT2D eigenvalue weighted by Crippen LogP contribution is 1.99. The minimum Gasteiger partial charge on any atom is -0.466 e. The predicted molar refractivity (Wildman–Crippen MR) is 162 cm³/mol. The first-order valence-corrected chi connectivity index (χ1v) is 14.5. The molecule has 0 bridgehead atoms. The van der Waals surface area contributed by atoms with Crippen LogP contribution in [0.15, 0.2) is 85.1 Å². The lowest BCUT2D eigenvalue weighted by atomic mass is 10.2. The van der Waals surface area contributed by atoms with Crippen molar-refractivity contribution in [2.24, 2.45) is 0 Å². The van der Waals surface area contributed by atoms with E-state index in [4.69, 9.17) is 0 Å². The number of thioether (sulfide) groups is 1. The maximum atomic E-state index is 11.9. The monoisotopic (exact) mass is 542 g/mol. The van der Waals surface area contributed by atoms with Crippen molar-refractivity contribution in [1.82, 2.24) is 10.6 Å². The molecule has 0 saturated carbocycles. The topological polar surface area (TPSA) is 84.5 Å². The molecule has 0 unspecified atom stereocenters. The summed E-state index contributed by atoms with van der Waals surface area (Å²) < 4.78 is 4.42. The minimum absolute atomic E-state index is 0.0476. The fraction of sp³-hybridized carbons (Fsp3) is 0.452. The summed E-state index contributed by atoms with van der Waals surface area (Å²) in [6, 6.07) is 0. The zero-order valence-electron chi connectivity index (χ0n) is 23.1. The largest absolute Gasteiger partial charge is 0.466 e. The Balaban J connectivity index is 3.59. The fourth-order valence-corrected chi connectivity index (χ4v) is 3.52. The molecule has 0 rings (SSSR count). The van der Waals surface area contributed by atoms with Gasteiger partial charge in [0.1, 0.15) is 0 Å². The van der Waals surface area contributed by atoms with Gasteiger partial charge >= 0.3 is 5.97 Å². The molecule has 0 aliphatic rings. The molecule has 0 fully saturated rings. The van der Waals surface area contributed by atoms with E-state index in [-0.39, 0.29) is 11.8 Å². The Bertz CT molecular complexity index is 839. The van der Waals surface area contributed by atoms with E-state index in [1.807, 2.05) is 6.08 Å². The van der Waals surface area contributed by atoms with Gasteiger partial charge in [0.2, 0.25) is 11.8 Å². The van der Waals surface area contributed by atoms with Crippen molar-refractivity contribution >= 4 is 29.5 Å².